The summed E-state index contributed by atoms with van der Waals surface area (Å²) in [5.74, 6) is -0.0304. The summed E-state index contributed by atoms with van der Waals surface area (Å²) in [6, 6.07) is 16.7. The molecule has 0 bridgehead atoms. The van der Waals surface area contributed by atoms with Crippen molar-refractivity contribution in [3.63, 3.8) is 0 Å². The molecule has 2 aromatic carbocycles. The van der Waals surface area contributed by atoms with E-state index in [2.05, 4.69) is 12.1 Å². The second kappa shape index (κ2) is 8.43. The molecule has 0 radical (unpaired) electrons. The molecule has 1 fully saturated rings. The molecule has 134 valence electrons. The van der Waals surface area contributed by atoms with Gasteiger partial charge in [0.05, 0.1) is 4.92 Å². The van der Waals surface area contributed by atoms with E-state index in [4.69, 9.17) is 0 Å². The largest absolute Gasteiger partial charge is 0.336 e. The van der Waals surface area contributed by atoms with Crippen molar-refractivity contribution in [1.29, 1.82) is 0 Å². The minimum atomic E-state index is -0.431. The predicted octanol–water partition coefficient (Wildman–Crippen LogP) is 4.23. The molecule has 1 aliphatic rings. The molecular formula is C21H22N2O3. The lowest BCUT2D eigenvalue weighted by molar-refractivity contribution is -0.384. The molecule has 0 aromatic heterocycles. The van der Waals surface area contributed by atoms with Crippen LogP contribution in [0, 0.1) is 10.1 Å². The molecule has 5 nitrogen and oxygen atoms in total. The number of carbonyl (C=O) groups excluding carboxylic acids is 1. The molecule has 1 unspecified atom stereocenters. The third-order valence-electron chi connectivity index (χ3n) is 4.72. The lowest BCUT2D eigenvalue weighted by Crippen LogP contribution is -2.44. The number of hydrogen-bond acceptors (Lipinski definition) is 3. The smallest absolute Gasteiger partial charge is 0.270 e. The van der Waals surface area contributed by atoms with Gasteiger partial charge in [0.25, 0.3) is 5.69 Å². The summed E-state index contributed by atoms with van der Waals surface area (Å²) in [6.45, 7) is 0.760. The number of hydrogen-bond donors (Lipinski definition) is 0. The normalized spacial score (nSPS) is 17.4. The molecule has 1 saturated heterocycles. The van der Waals surface area contributed by atoms with E-state index in [9.17, 15) is 14.9 Å². The molecule has 1 amide bonds. The first-order valence-corrected chi connectivity index (χ1v) is 8.90. The number of non-ortho nitro benzene ring substituents is 1. The maximum Gasteiger partial charge on any atom is 0.270 e. The number of nitro benzene ring substituents is 1. The first kappa shape index (κ1) is 17.9. The van der Waals surface area contributed by atoms with Crippen molar-refractivity contribution >= 4 is 17.7 Å². The third kappa shape index (κ3) is 4.57. The van der Waals surface area contributed by atoms with Crippen molar-refractivity contribution in [2.45, 2.75) is 31.7 Å². The van der Waals surface area contributed by atoms with Crippen molar-refractivity contribution in [1.82, 2.24) is 4.90 Å². The second-order valence-electron chi connectivity index (χ2n) is 6.56. The van der Waals surface area contributed by atoms with E-state index in [-0.39, 0.29) is 17.6 Å². The lowest BCUT2D eigenvalue weighted by atomic mass is 9.95. The van der Waals surface area contributed by atoms with E-state index in [1.807, 2.05) is 23.1 Å². The number of rotatable bonds is 5. The maximum absolute atomic E-state index is 12.7. The summed E-state index contributed by atoms with van der Waals surface area (Å²) in [5, 5.41) is 10.9. The average Bonchev–Trinajstić information content (AvgIpc) is 2.67. The molecule has 0 saturated carbocycles. The summed E-state index contributed by atoms with van der Waals surface area (Å²) in [7, 11) is 0. The van der Waals surface area contributed by atoms with Crippen LogP contribution in [0.1, 0.15) is 30.4 Å². The fraction of sp³-hybridized carbons (Fsp3) is 0.286. The zero-order chi connectivity index (χ0) is 18.4. The number of likely N-dealkylation sites (tertiary alicyclic amines) is 1. The van der Waals surface area contributed by atoms with Crippen molar-refractivity contribution in [2.24, 2.45) is 0 Å². The summed E-state index contributed by atoms with van der Waals surface area (Å²) >= 11 is 0. The number of benzene rings is 2. The van der Waals surface area contributed by atoms with Gasteiger partial charge in [-0.1, -0.05) is 42.5 Å². The van der Waals surface area contributed by atoms with Crippen LogP contribution in [0.4, 0.5) is 5.69 Å². The van der Waals surface area contributed by atoms with Gasteiger partial charge in [0, 0.05) is 30.8 Å². The van der Waals surface area contributed by atoms with Crippen LogP contribution in [0.2, 0.25) is 0 Å². The SMILES string of the molecule is O=C(C=Cc1cccc([N+](=O)[O-])c1)N1CCCCC1Cc1ccccc1. The Morgan fingerprint density at radius 2 is 1.96 bits per heavy atom. The van der Waals surface area contributed by atoms with Crippen molar-refractivity contribution < 1.29 is 9.72 Å². The van der Waals surface area contributed by atoms with Gasteiger partial charge in [-0.25, -0.2) is 0 Å². The van der Waals surface area contributed by atoms with E-state index >= 15 is 0 Å². The molecule has 1 heterocycles. The summed E-state index contributed by atoms with van der Waals surface area (Å²) in [4.78, 5) is 25.1. The topological polar surface area (TPSA) is 63.4 Å². The Kier molecular flexibility index (Phi) is 5.79. The molecule has 0 spiro atoms. The average molecular weight is 350 g/mol. The number of amides is 1. The Morgan fingerprint density at radius 1 is 1.15 bits per heavy atom. The highest BCUT2D eigenvalue weighted by atomic mass is 16.6. The third-order valence-corrected chi connectivity index (χ3v) is 4.72. The number of carbonyl (C=O) groups is 1. The fourth-order valence-corrected chi connectivity index (χ4v) is 3.39. The van der Waals surface area contributed by atoms with Gasteiger partial charge in [-0.3, -0.25) is 14.9 Å². The van der Waals surface area contributed by atoms with Crippen LogP contribution in [0.25, 0.3) is 6.08 Å². The van der Waals surface area contributed by atoms with E-state index in [1.54, 1.807) is 18.2 Å². The van der Waals surface area contributed by atoms with Crippen LogP contribution in [-0.2, 0) is 11.2 Å². The Morgan fingerprint density at radius 3 is 2.73 bits per heavy atom. The van der Waals surface area contributed by atoms with E-state index < -0.39 is 4.92 Å². The first-order valence-electron chi connectivity index (χ1n) is 8.90. The van der Waals surface area contributed by atoms with Crippen LogP contribution < -0.4 is 0 Å². The summed E-state index contributed by atoms with van der Waals surface area (Å²) < 4.78 is 0. The van der Waals surface area contributed by atoms with Gasteiger partial charge < -0.3 is 4.90 Å². The number of nitro groups is 1. The number of nitrogens with zero attached hydrogens (tertiary/aromatic N) is 2. The Balaban J connectivity index is 1.70. The Bertz CT molecular complexity index is 802. The predicted molar refractivity (Wildman–Crippen MR) is 102 cm³/mol. The van der Waals surface area contributed by atoms with Gasteiger partial charge >= 0.3 is 0 Å². The molecule has 2 aromatic rings. The van der Waals surface area contributed by atoms with Gasteiger partial charge in [0.2, 0.25) is 5.91 Å². The molecule has 3 rings (SSSR count). The van der Waals surface area contributed by atoms with Gasteiger partial charge in [0.1, 0.15) is 0 Å². The van der Waals surface area contributed by atoms with Gasteiger partial charge in [-0.15, -0.1) is 0 Å². The zero-order valence-electron chi connectivity index (χ0n) is 14.6. The molecule has 5 heteroatoms. The molecule has 1 atom stereocenters. The van der Waals surface area contributed by atoms with Crippen LogP contribution in [0.15, 0.2) is 60.7 Å². The zero-order valence-corrected chi connectivity index (χ0v) is 14.6. The van der Waals surface area contributed by atoms with Gasteiger partial charge in [-0.2, -0.15) is 0 Å². The van der Waals surface area contributed by atoms with Crippen molar-refractivity contribution in [3.8, 4) is 0 Å². The van der Waals surface area contributed by atoms with Gasteiger partial charge in [0.15, 0.2) is 0 Å². The fourth-order valence-electron chi connectivity index (χ4n) is 3.39. The minimum Gasteiger partial charge on any atom is -0.336 e. The summed E-state index contributed by atoms with van der Waals surface area (Å²) in [5.41, 5.74) is 1.92. The first-order chi connectivity index (χ1) is 12.6. The Hall–Kier alpha value is -2.95. The molecule has 1 aliphatic heterocycles. The van der Waals surface area contributed by atoms with Crippen LogP contribution in [-0.4, -0.2) is 28.3 Å². The minimum absolute atomic E-state index is 0.0273. The van der Waals surface area contributed by atoms with E-state index in [0.717, 1.165) is 32.2 Å². The molecule has 0 N–H and O–H groups in total. The van der Waals surface area contributed by atoms with Crippen molar-refractivity contribution in [3.05, 3.63) is 81.9 Å². The van der Waals surface area contributed by atoms with Crippen molar-refractivity contribution in [2.75, 3.05) is 6.54 Å². The standard InChI is InChI=1S/C21H22N2O3/c24-21(13-12-18-9-6-11-20(16-18)23(25)26)22-14-5-4-10-19(22)15-17-7-2-1-3-8-17/h1-3,6-9,11-13,16,19H,4-5,10,14-15H2. The highest BCUT2D eigenvalue weighted by molar-refractivity contribution is 5.92. The van der Waals surface area contributed by atoms with Crippen LogP contribution in [0.5, 0.6) is 0 Å². The second-order valence-corrected chi connectivity index (χ2v) is 6.56. The lowest BCUT2D eigenvalue weighted by Gasteiger charge is -2.35. The van der Waals surface area contributed by atoms with Crippen LogP contribution in [0.3, 0.4) is 0 Å². The highest BCUT2D eigenvalue weighted by Gasteiger charge is 2.25. The summed E-state index contributed by atoms with van der Waals surface area (Å²) in [6.07, 6.45) is 7.20. The molecular weight excluding hydrogens is 328 g/mol. The quantitative estimate of drug-likeness (QED) is 0.460. The highest BCUT2D eigenvalue weighted by Crippen LogP contribution is 2.22. The van der Waals surface area contributed by atoms with E-state index in [0.29, 0.717) is 5.56 Å². The Labute approximate surface area is 153 Å². The maximum atomic E-state index is 12.7. The molecule has 0 aliphatic carbocycles. The van der Waals surface area contributed by atoms with Gasteiger partial charge in [-0.05, 0) is 42.9 Å². The number of piperidine rings is 1. The van der Waals surface area contributed by atoms with Crippen LogP contribution >= 0.6 is 0 Å². The monoisotopic (exact) mass is 350 g/mol. The molecule has 26 heavy (non-hydrogen) atoms. The van der Waals surface area contributed by atoms with E-state index in [1.165, 1.54) is 23.8 Å².